The minimum atomic E-state index is 0.164. The summed E-state index contributed by atoms with van der Waals surface area (Å²) in [4.78, 5) is 11.6. The van der Waals surface area contributed by atoms with Crippen molar-refractivity contribution in [1.29, 1.82) is 0 Å². The Morgan fingerprint density at radius 3 is 2.41 bits per heavy atom. The summed E-state index contributed by atoms with van der Waals surface area (Å²) in [7, 11) is 0. The molecule has 0 aromatic rings. The zero-order chi connectivity index (χ0) is 12.5. The maximum absolute atomic E-state index is 11.6. The van der Waals surface area contributed by atoms with E-state index >= 15 is 0 Å². The Morgan fingerprint density at radius 2 is 1.82 bits per heavy atom. The molecule has 0 aromatic carbocycles. The number of amides is 1. The van der Waals surface area contributed by atoms with Crippen LogP contribution in [0.2, 0.25) is 0 Å². The molecular formula is C14H28N2O. The van der Waals surface area contributed by atoms with E-state index < -0.39 is 0 Å². The molecule has 17 heavy (non-hydrogen) atoms. The molecule has 0 radical (unpaired) electrons. The minimum Gasteiger partial charge on any atom is -0.352 e. The van der Waals surface area contributed by atoms with Crippen molar-refractivity contribution in [2.24, 2.45) is 5.92 Å². The Labute approximate surface area is 106 Å². The molecule has 0 heterocycles. The van der Waals surface area contributed by atoms with Gasteiger partial charge in [-0.2, -0.15) is 0 Å². The van der Waals surface area contributed by atoms with E-state index in [1.807, 2.05) is 0 Å². The highest BCUT2D eigenvalue weighted by molar-refractivity contribution is 5.78. The first-order chi connectivity index (χ1) is 8.26. The molecule has 0 aliphatic heterocycles. The Morgan fingerprint density at radius 1 is 1.12 bits per heavy atom. The van der Waals surface area contributed by atoms with Gasteiger partial charge >= 0.3 is 0 Å². The Balaban J connectivity index is 2.10. The molecule has 2 N–H and O–H groups in total. The third-order valence-electron chi connectivity index (χ3n) is 3.62. The van der Waals surface area contributed by atoms with Crippen LogP contribution >= 0.6 is 0 Å². The van der Waals surface area contributed by atoms with Crippen molar-refractivity contribution in [3.63, 3.8) is 0 Å². The summed E-state index contributed by atoms with van der Waals surface area (Å²) in [5.41, 5.74) is 0. The van der Waals surface area contributed by atoms with Gasteiger partial charge in [0.2, 0.25) is 5.91 Å². The Kier molecular flexibility index (Phi) is 7.25. The molecule has 0 atom stereocenters. The second-order valence-electron chi connectivity index (χ2n) is 5.25. The van der Waals surface area contributed by atoms with Crippen molar-refractivity contribution in [1.82, 2.24) is 10.6 Å². The summed E-state index contributed by atoms with van der Waals surface area (Å²) in [5.74, 6) is 1.07. The average molecular weight is 240 g/mol. The fourth-order valence-electron chi connectivity index (χ4n) is 2.66. The zero-order valence-corrected chi connectivity index (χ0v) is 11.4. The first-order valence-corrected chi connectivity index (χ1v) is 7.26. The average Bonchev–Trinajstić information content (AvgIpc) is 2.32. The largest absolute Gasteiger partial charge is 0.352 e. The second-order valence-corrected chi connectivity index (χ2v) is 5.25. The summed E-state index contributed by atoms with van der Waals surface area (Å²) in [5, 5.41) is 6.28. The normalized spacial score (nSPS) is 24.6. The van der Waals surface area contributed by atoms with E-state index in [1.54, 1.807) is 0 Å². The molecule has 0 saturated heterocycles. The number of rotatable bonds is 7. The van der Waals surface area contributed by atoms with E-state index in [9.17, 15) is 4.79 Å². The van der Waals surface area contributed by atoms with Gasteiger partial charge in [0.15, 0.2) is 0 Å². The van der Waals surface area contributed by atoms with Gasteiger partial charge in [-0.15, -0.1) is 0 Å². The van der Waals surface area contributed by atoms with Crippen molar-refractivity contribution in [2.75, 3.05) is 13.1 Å². The van der Waals surface area contributed by atoms with Crippen LogP contribution in [0.4, 0.5) is 0 Å². The van der Waals surface area contributed by atoms with E-state index in [-0.39, 0.29) is 5.91 Å². The monoisotopic (exact) mass is 240 g/mol. The van der Waals surface area contributed by atoms with Gasteiger partial charge < -0.3 is 10.6 Å². The molecule has 1 rings (SSSR count). The molecule has 1 aliphatic rings. The van der Waals surface area contributed by atoms with E-state index in [0.717, 1.165) is 18.9 Å². The Hall–Kier alpha value is -0.570. The molecular weight excluding hydrogens is 212 g/mol. The summed E-state index contributed by atoms with van der Waals surface area (Å²) < 4.78 is 0. The first kappa shape index (κ1) is 14.5. The highest BCUT2D eigenvalue weighted by Gasteiger charge is 2.21. The lowest BCUT2D eigenvalue weighted by Gasteiger charge is -2.29. The van der Waals surface area contributed by atoms with E-state index in [4.69, 9.17) is 0 Å². The van der Waals surface area contributed by atoms with Crippen LogP contribution in [0.15, 0.2) is 0 Å². The van der Waals surface area contributed by atoms with Crippen molar-refractivity contribution < 1.29 is 4.79 Å². The summed E-state index contributed by atoms with van der Waals surface area (Å²) >= 11 is 0. The molecule has 0 spiro atoms. The molecule has 0 unspecified atom stereocenters. The molecule has 1 saturated carbocycles. The third kappa shape index (κ3) is 6.06. The van der Waals surface area contributed by atoms with Crippen LogP contribution in [0.3, 0.4) is 0 Å². The maximum atomic E-state index is 11.6. The molecule has 3 heteroatoms. The molecule has 1 amide bonds. The van der Waals surface area contributed by atoms with Crippen molar-refractivity contribution in [3.8, 4) is 0 Å². The second kappa shape index (κ2) is 8.51. The third-order valence-corrected chi connectivity index (χ3v) is 3.62. The summed E-state index contributed by atoms with van der Waals surface area (Å²) in [6.45, 7) is 5.77. The van der Waals surface area contributed by atoms with Crippen LogP contribution < -0.4 is 10.6 Å². The predicted molar refractivity (Wildman–Crippen MR) is 72.0 cm³/mol. The smallest absolute Gasteiger partial charge is 0.234 e. The lowest BCUT2D eigenvalue weighted by Crippen LogP contribution is -2.42. The van der Waals surface area contributed by atoms with Gasteiger partial charge in [0.25, 0.3) is 0 Å². The van der Waals surface area contributed by atoms with Crippen molar-refractivity contribution in [2.45, 2.75) is 64.8 Å². The first-order valence-electron chi connectivity index (χ1n) is 7.26. The number of carbonyl (C=O) groups is 1. The minimum absolute atomic E-state index is 0.164. The van der Waals surface area contributed by atoms with E-state index in [0.29, 0.717) is 12.6 Å². The summed E-state index contributed by atoms with van der Waals surface area (Å²) in [6.07, 6.45) is 8.66. The fraction of sp³-hybridized carbons (Fsp3) is 0.929. The van der Waals surface area contributed by atoms with Crippen LogP contribution in [0.5, 0.6) is 0 Å². The van der Waals surface area contributed by atoms with E-state index in [2.05, 4.69) is 24.5 Å². The van der Waals surface area contributed by atoms with Gasteiger partial charge in [0.1, 0.15) is 0 Å². The topological polar surface area (TPSA) is 41.1 Å². The van der Waals surface area contributed by atoms with Gasteiger partial charge in [0.05, 0.1) is 6.54 Å². The van der Waals surface area contributed by atoms with Gasteiger partial charge in [-0.05, 0) is 44.6 Å². The van der Waals surface area contributed by atoms with Crippen LogP contribution in [-0.4, -0.2) is 25.0 Å². The van der Waals surface area contributed by atoms with Crippen LogP contribution in [0.25, 0.3) is 0 Å². The lowest BCUT2D eigenvalue weighted by atomic mass is 9.83. The molecule has 100 valence electrons. The number of hydrogen-bond donors (Lipinski definition) is 2. The van der Waals surface area contributed by atoms with Gasteiger partial charge in [-0.1, -0.05) is 26.7 Å². The molecule has 0 bridgehead atoms. The quantitative estimate of drug-likeness (QED) is 0.671. The molecule has 1 aliphatic carbocycles. The maximum Gasteiger partial charge on any atom is 0.234 e. The number of nitrogens with one attached hydrogen (secondary N) is 2. The van der Waals surface area contributed by atoms with Crippen LogP contribution in [-0.2, 0) is 4.79 Å². The fourth-order valence-corrected chi connectivity index (χ4v) is 2.66. The SMILES string of the molecule is CCCNCC(=O)NC1CCC(CCC)CC1. The van der Waals surface area contributed by atoms with Gasteiger partial charge in [0, 0.05) is 6.04 Å². The number of carbonyl (C=O) groups excluding carboxylic acids is 1. The molecule has 3 nitrogen and oxygen atoms in total. The van der Waals surface area contributed by atoms with Crippen LogP contribution in [0, 0.1) is 5.92 Å². The Bertz CT molecular complexity index is 210. The van der Waals surface area contributed by atoms with Crippen molar-refractivity contribution >= 4 is 5.91 Å². The standard InChI is InChI=1S/C14H28N2O/c1-3-5-12-6-8-13(9-7-12)16-14(17)11-15-10-4-2/h12-13,15H,3-11H2,1-2H3,(H,16,17). The van der Waals surface area contributed by atoms with Gasteiger partial charge in [-0.25, -0.2) is 0 Å². The molecule has 1 fully saturated rings. The highest BCUT2D eigenvalue weighted by Crippen LogP contribution is 2.27. The predicted octanol–water partition coefficient (Wildman–Crippen LogP) is 2.46. The van der Waals surface area contributed by atoms with Crippen LogP contribution in [0.1, 0.15) is 58.8 Å². The van der Waals surface area contributed by atoms with E-state index in [1.165, 1.54) is 38.5 Å². The number of hydrogen-bond acceptors (Lipinski definition) is 2. The van der Waals surface area contributed by atoms with Gasteiger partial charge in [-0.3, -0.25) is 4.79 Å². The summed E-state index contributed by atoms with van der Waals surface area (Å²) in [6, 6.07) is 0.430. The lowest BCUT2D eigenvalue weighted by molar-refractivity contribution is -0.121. The zero-order valence-electron chi connectivity index (χ0n) is 11.4. The highest BCUT2D eigenvalue weighted by atomic mass is 16.1. The molecule has 0 aromatic heterocycles. The van der Waals surface area contributed by atoms with Crippen molar-refractivity contribution in [3.05, 3.63) is 0 Å².